The van der Waals surface area contributed by atoms with E-state index in [0.29, 0.717) is 5.39 Å². The van der Waals surface area contributed by atoms with Gasteiger partial charge in [0.1, 0.15) is 17.2 Å². The van der Waals surface area contributed by atoms with E-state index in [1.807, 2.05) is 6.07 Å². The van der Waals surface area contributed by atoms with Gasteiger partial charge in [0.25, 0.3) is 5.69 Å². The van der Waals surface area contributed by atoms with Crippen LogP contribution in [0, 0.1) is 21.4 Å². The molecule has 1 aromatic heterocycles. The summed E-state index contributed by atoms with van der Waals surface area (Å²) in [6, 6.07) is 11.1. The lowest BCUT2D eigenvalue weighted by Crippen LogP contribution is -2.26. The Kier molecular flexibility index (Phi) is 3.66. The van der Waals surface area contributed by atoms with Crippen molar-refractivity contribution in [1.29, 1.82) is 5.26 Å². The highest BCUT2D eigenvalue weighted by Crippen LogP contribution is 2.48. The SMILES string of the molecule is N#CC1=C(N)Oc2c(c(=O)oc3ccccc23)[C@@H]1c1cc2c(cc1[N+](=O)[O-])OCO2. The number of rotatable bonds is 2. The molecule has 0 saturated carbocycles. The first-order chi connectivity index (χ1) is 14.5. The van der Waals surface area contributed by atoms with Crippen molar-refractivity contribution in [2.24, 2.45) is 5.73 Å². The highest BCUT2D eigenvalue weighted by molar-refractivity contribution is 5.86. The Morgan fingerprint density at radius 1 is 1.20 bits per heavy atom. The van der Waals surface area contributed by atoms with Crippen LogP contribution < -0.4 is 25.6 Å². The predicted molar refractivity (Wildman–Crippen MR) is 101 cm³/mol. The van der Waals surface area contributed by atoms with E-state index in [1.54, 1.807) is 24.3 Å². The lowest BCUT2D eigenvalue weighted by Gasteiger charge is -2.25. The summed E-state index contributed by atoms with van der Waals surface area (Å²) in [7, 11) is 0. The molecule has 0 saturated heterocycles. The summed E-state index contributed by atoms with van der Waals surface area (Å²) in [6.45, 7) is -0.101. The molecule has 10 nitrogen and oxygen atoms in total. The molecule has 3 heterocycles. The minimum absolute atomic E-state index is 0.0379. The zero-order chi connectivity index (χ0) is 21.0. The molecule has 5 rings (SSSR count). The molecule has 2 aliphatic heterocycles. The van der Waals surface area contributed by atoms with Crippen molar-refractivity contribution in [2.45, 2.75) is 5.92 Å². The number of nitrogens with two attached hydrogens (primary N) is 1. The number of hydrogen-bond acceptors (Lipinski definition) is 9. The molecule has 2 N–H and O–H groups in total. The highest BCUT2D eigenvalue weighted by atomic mass is 16.7. The average molecular weight is 405 g/mol. The number of nitro benzene ring substituents is 1. The Labute approximate surface area is 167 Å². The molecule has 0 bridgehead atoms. The van der Waals surface area contributed by atoms with E-state index >= 15 is 0 Å². The first kappa shape index (κ1) is 17.6. The second kappa shape index (κ2) is 6.25. The van der Waals surface area contributed by atoms with Crippen LogP contribution >= 0.6 is 0 Å². The number of nitrogens with zero attached hydrogens (tertiary/aromatic N) is 2. The van der Waals surface area contributed by atoms with Gasteiger partial charge in [0.15, 0.2) is 17.2 Å². The second-order valence-electron chi connectivity index (χ2n) is 6.57. The van der Waals surface area contributed by atoms with Gasteiger partial charge in [-0.15, -0.1) is 0 Å². The summed E-state index contributed by atoms with van der Waals surface area (Å²) in [5.74, 6) is -0.897. The number of allylic oxidation sites excluding steroid dienone is 1. The number of ether oxygens (including phenoxy) is 3. The Balaban J connectivity index is 1.88. The smallest absolute Gasteiger partial charge is 0.344 e. The molecule has 0 unspecified atom stereocenters. The van der Waals surface area contributed by atoms with Gasteiger partial charge in [-0.2, -0.15) is 5.26 Å². The molecular weight excluding hydrogens is 394 g/mol. The third kappa shape index (κ3) is 2.39. The third-order valence-electron chi connectivity index (χ3n) is 5.00. The van der Waals surface area contributed by atoms with E-state index < -0.39 is 16.5 Å². The number of benzene rings is 2. The molecule has 0 amide bonds. The molecule has 148 valence electrons. The number of hydrogen-bond donors (Lipinski definition) is 1. The van der Waals surface area contributed by atoms with E-state index in [9.17, 15) is 20.2 Å². The molecule has 0 spiro atoms. The minimum Gasteiger partial charge on any atom is -0.454 e. The average Bonchev–Trinajstić information content (AvgIpc) is 3.19. The van der Waals surface area contributed by atoms with Crippen LogP contribution in [0.4, 0.5) is 5.69 Å². The van der Waals surface area contributed by atoms with Crippen LogP contribution in [-0.2, 0) is 0 Å². The van der Waals surface area contributed by atoms with Crippen LogP contribution in [0.5, 0.6) is 17.2 Å². The molecule has 2 aliphatic rings. The van der Waals surface area contributed by atoms with Crippen LogP contribution in [0.2, 0.25) is 0 Å². The molecule has 2 aromatic carbocycles. The van der Waals surface area contributed by atoms with E-state index in [0.717, 1.165) is 0 Å². The summed E-state index contributed by atoms with van der Waals surface area (Å²) in [5.41, 5.74) is 4.94. The summed E-state index contributed by atoms with van der Waals surface area (Å²) in [4.78, 5) is 24.1. The summed E-state index contributed by atoms with van der Waals surface area (Å²) < 4.78 is 21.6. The van der Waals surface area contributed by atoms with Crippen LogP contribution in [0.25, 0.3) is 11.0 Å². The lowest BCUT2D eigenvalue weighted by atomic mass is 9.83. The van der Waals surface area contributed by atoms with E-state index in [2.05, 4.69) is 0 Å². The van der Waals surface area contributed by atoms with E-state index in [1.165, 1.54) is 12.1 Å². The van der Waals surface area contributed by atoms with Crippen molar-refractivity contribution >= 4 is 16.7 Å². The fourth-order valence-corrected chi connectivity index (χ4v) is 3.71. The van der Waals surface area contributed by atoms with Gasteiger partial charge in [-0.1, -0.05) is 12.1 Å². The van der Waals surface area contributed by atoms with E-state index in [4.69, 9.17) is 24.4 Å². The fourth-order valence-electron chi connectivity index (χ4n) is 3.71. The number of fused-ring (bicyclic) bond motifs is 4. The number of nitriles is 1. The maximum atomic E-state index is 12.9. The third-order valence-corrected chi connectivity index (χ3v) is 5.00. The lowest BCUT2D eigenvalue weighted by molar-refractivity contribution is -0.385. The van der Waals surface area contributed by atoms with Crippen molar-refractivity contribution in [3.8, 4) is 23.3 Å². The van der Waals surface area contributed by atoms with Gasteiger partial charge in [-0.25, -0.2) is 4.79 Å². The first-order valence-corrected chi connectivity index (χ1v) is 8.71. The van der Waals surface area contributed by atoms with Crippen LogP contribution in [0.1, 0.15) is 17.0 Å². The summed E-state index contributed by atoms with van der Waals surface area (Å²) >= 11 is 0. The monoisotopic (exact) mass is 405 g/mol. The van der Waals surface area contributed by atoms with E-state index in [-0.39, 0.29) is 57.9 Å². The van der Waals surface area contributed by atoms with Gasteiger partial charge < -0.3 is 24.4 Å². The molecule has 0 fully saturated rings. The highest BCUT2D eigenvalue weighted by Gasteiger charge is 2.40. The molecule has 10 heteroatoms. The zero-order valence-electron chi connectivity index (χ0n) is 15.1. The Morgan fingerprint density at radius 3 is 2.67 bits per heavy atom. The van der Waals surface area contributed by atoms with Crippen molar-refractivity contribution in [2.75, 3.05) is 6.79 Å². The molecule has 3 aromatic rings. The number of para-hydroxylation sites is 1. The van der Waals surface area contributed by atoms with Gasteiger partial charge in [0, 0.05) is 5.56 Å². The Morgan fingerprint density at radius 2 is 1.93 bits per heavy atom. The Hall–Kier alpha value is -4.52. The largest absolute Gasteiger partial charge is 0.454 e. The molecule has 0 radical (unpaired) electrons. The Bertz CT molecular complexity index is 1380. The second-order valence-corrected chi connectivity index (χ2v) is 6.57. The molecule has 30 heavy (non-hydrogen) atoms. The van der Waals surface area contributed by atoms with Crippen molar-refractivity contribution in [3.63, 3.8) is 0 Å². The van der Waals surface area contributed by atoms with Gasteiger partial charge >= 0.3 is 5.63 Å². The first-order valence-electron chi connectivity index (χ1n) is 8.71. The molecular formula is C20H11N3O7. The maximum absolute atomic E-state index is 12.9. The van der Waals surface area contributed by atoms with Crippen LogP contribution in [0.3, 0.4) is 0 Å². The van der Waals surface area contributed by atoms with Crippen molar-refractivity contribution in [1.82, 2.24) is 0 Å². The topological polar surface area (TPSA) is 151 Å². The standard InChI is InChI=1S/C20H11N3O7/c21-7-11-16(10-5-14-15(28-8-27-14)6-12(10)23(25)26)17-18(30-19(11)22)9-3-1-2-4-13(9)29-20(17)24/h1-6,16H,8,22H2/t16-/m1/s1. The van der Waals surface area contributed by atoms with Gasteiger partial charge in [0.2, 0.25) is 12.7 Å². The summed E-state index contributed by atoms with van der Waals surface area (Å²) in [5, 5.41) is 22.0. The van der Waals surface area contributed by atoms with Crippen LogP contribution in [-0.4, -0.2) is 11.7 Å². The van der Waals surface area contributed by atoms with Gasteiger partial charge in [0.05, 0.1) is 27.9 Å². The van der Waals surface area contributed by atoms with Gasteiger partial charge in [-0.3, -0.25) is 10.1 Å². The predicted octanol–water partition coefficient (Wildman–Crippen LogP) is 2.65. The van der Waals surface area contributed by atoms with Crippen molar-refractivity contribution in [3.05, 3.63) is 79.5 Å². The number of nitro groups is 1. The molecule has 0 aliphatic carbocycles. The zero-order valence-corrected chi connectivity index (χ0v) is 15.1. The normalized spacial score (nSPS) is 16.7. The minimum atomic E-state index is -1.19. The van der Waals surface area contributed by atoms with Crippen molar-refractivity contribution < 1.29 is 23.6 Å². The fraction of sp³-hybridized carbons (Fsp3) is 0.100. The summed E-state index contributed by atoms with van der Waals surface area (Å²) in [6.07, 6.45) is 0. The molecule has 1 atom stereocenters. The van der Waals surface area contributed by atoms with Gasteiger partial charge in [-0.05, 0) is 18.2 Å². The van der Waals surface area contributed by atoms with Crippen LogP contribution in [0.15, 0.2) is 57.1 Å². The maximum Gasteiger partial charge on any atom is 0.344 e. The quantitative estimate of drug-likeness (QED) is 0.385.